The molecule has 2 N–H and O–H groups in total. The molecular weight excluding hydrogens is 334 g/mol. The van der Waals surface area contributed by atoms with Gasteiger partial charge in [0.1, 0.15) is 12.3 Å². The quantitative estimate of drug-likeness (QED) is 0.382. The molecule has 0 fully saturated rings. The number of phenols is 1. The number of hydrogen-bond donors (Lipinski definition) is 2. The number of benzene rings is 2. The van der Waals surface area contributed by atoms with Crippen molar-refractivity contribution in [3.8, 4) is 11.8 Å². The van der Waals surface area contributed by atoms with Crippen LogP contribution >= 0.6 is 0 Å². The highest BCUT2D eigenvalue weighted by atomic mass is 16.3. The third-order valence-electron chi connectivity index (χ3n) is 5.56. The van der Waals surface area contributed by atoms with E-state index in [1.54, 1.807) is 6.07 Å². The van der Waals surface area contributed by atoms with Gasteiger partial charge in [-0.05, 0) is 61.4 Å². The lowest BCUT2D eigenvalue weighted by Gasteiger charge is -2.08. The number of aromatic nitrogens is 2. The molecule has 0 amide bonds. The lowest BCUT2D eigenvalue weighted by molar-refractivity contribution is -0.696. The van der Waals surface area contributed by atoms with Crippen LogP contribution in [0.3, 0.4) is 0 Å². The van der Waals surface area contributed by atoms with E-state index < -0.39 is 0 Å². The van der Waals surface area contributed by atoms with Crippen LogP contribution in [0.15, 0.2) is 36.7 Å². The Hall–Kier alpha value is -3.06. The maximum absolute atomic E-state index is 9.92. The lowest BCUT2D eigenvalue weighted by atomic mass is 9.97. The summed E-state index contributed by atoms with van der Waals surface area (Å²) in [4.78, 5) is 3.54. The van der Waals surface area contributed by atoms with E-state index in [-0.39, 0.29) is 0 Å². The Morgan fingerprint density at radius 3 is 2.70 bits per heavy atom. The molecule has 0 aliphatic rings. The smallest absolute Gasteiger partial charge is 0.176 e. The van der Waals surface area contributed by atoms with E-state index in [9.17, 15) is 5.11 Å². The molecule has 0 radical (unpaired) electrons. The van der Waals surface area contributed by atoms with Gasteiger partial charge in [-0.3, -0.25) is 0 Å². The predicted octanol–water partition coefficient (Wildman–Crippen LogP) is 5.17. The van der Waals surface area contributed by atoms with Crippen LogP contribution in [0.2, 0.25) is 0 Å². The number of nitrogens with zero attached hydrogens (tertiary/aromatic N) is 2. The number of aromatic hydroxyl groups is 1. The maximum atomic E-state index is 9.92. The number of rotatable bonds is 5. The van der Waals surface area contributed by atoms with Gasteiger partial charge in [0, 0.05) is 35.2 Å². The molecule has 0 bridgehead atoms. The summed E-state index contributed by atoms with van der Waals surface area (Å²) < 4.78 is 2.25. The summed E-state index contributed by atoms with van der Waals surface area (Å²) in [7, 11) is 0. The molecule has 0 unspecified atom stereocenters. The number of nitrogens with one attached hydrogen (secondary N) is 1. The molecule has 0 spiro atoms. The van der Waals surface area contributed by atoms with Gasteiger partial charge in [-0.15, -0.1) is 0 Å². The predicted molar refractivity (Wildman–Crippen MR) is 109 cm³/mol. The Bertz CT molecular complexity index is 1200. The maximum Gasteiger partial charge on any atom is 0.176 e. The minimum atomic E-state index is 0.294. The number of fused-ring (bicyclic) bond motifs is 4. The van der Waals surface area contributed by atoms with Crippen molar-refractivity contribution in [1.82, 2.24) is 4.98 Å². The van der Waals surface area contributed by atoms with Gasteiger partial charge >= 0.3 is 0 Å². The first kappa shape index (κ1) is 17.4. The molecule has 2 aromatic carbocycles. The fraction of sp³-hybridized carbons (Fsp3) is 0.304. The van der Waals surface area contributed by atoms with E-state index in [1.807, 2.05) is 12.1 Å². The second-order valence-electron chi connectivity index (χ2n) is 7.33. The molecule has 0 atom stereocenters. The van der Waals surface area contributed by atoms with Gasteiger partial charge in [-0.2, -0.15) is 5.26 Å². The first-order chi connectivity index (χ1) is 13.1. The molecule has 0 saturated carbocycles. The number of H-pyrrole nitrogens is 1. The Morgan fingerprint density at radius 1 is 1.04 bits per heavy atom. The topological polar surface area (TPSA) is 63.7 Å². The van der Waals surface area contributed by atoms with Gasteiger partial charge in [-0.1, -0.05) is 0 Å². The summed E-state index contributed by atoms with van der Waals surface area (Å²) in [5, 5.41) is 23.3. The molecule has 2 heterocycles. The molecule has 4 nitrogen and oxygen atoms in total. The van der Waals surface area contributed by atoms with Gasteiger partial charge in [0.2, 0.25) is 0 Å². The first-order valence-corrected chi connectivity index (χ1v) is 9.53. The molecular formula is C23H24N3O+. The van der Waals surface area contributed by atoms with Crippen molar-refractivity contribution in [2.45, 2.75) is 46.1 Å². The number of nitriles is 1. The Balaban J connectivity index is 1.80. The van der Waals surface area contributed by atoms with Crippen LogP contribution in [0.25, 0.3) is 32.6 Å². The molecule has 0 aliphatic carbocycles. The van der Waals surface area contributed by atoms with Crippen LogP contribution in [0, 0.1) is 25.2 Å². The molecule has 4 aromatic rings. The van der Waals surface area contributed by atoms with Gasteiger partial charge in [0.25, 0.3) is 0 Å². The Morgan fingerprint density at radius 2 is 1.89 bits per heavy atom. The molecule has 136 valence electrons. The van der Waals surface area contributed by atoms with Gasteiger partial charge in [0.15, 0.2) is 12.4 Å². The van der Waals surface area contributed by atoms with Gasteiger partial charge in [-0.25, -0.2) is 4.57 Å². The Kier molecular flexibility index (Phi) is 4.45. The molecule has 2 aromatic heterocycles. The highest BCUT2D eigenvalue weighted by molar-refractivity contribution is 6.16. The number of pyridine rings is 1. The monoisotopic (exact) mass is 358 g/mol. The summed E-state index contributed by atoms with van der Waals surface area (Å²) >= 11 is 0. The van der Waals surface area contributed by atoms with Crippen molar-refractivity contribution in [3.63, 3.8) is 0 Å². The molecule has 4 rings (SSSR count). The number of aryl methyl sites for hydroxylation is 3. The highest BCUT2D eigenvalue weighted by Crippen LogP contribution is 2.37. The molecule has 0 saturated heterocycles. The zero-order chi connectivity index (χ0) is 19.0. The van der Waals surface area contributed by atoms with Crippen molar-refractivity contribution in [3.05, 3.63) is 47.8 Å². The van der Waals surface area contributed by atoms with E-state index in [1.165, 1.54) is 27.3 Å². The fourth-order valence-corrected chi connectivity index (χ4v) is 4.10. The van der Waals surface area contributed by atoms with Gasteiger partial charge < -0.3 is 10.1 Å². The molecule has 0 aliphatic heterocycles. The largest absolute Gasteiger partial charge is 0.508 e. The second kappa shape index (κ2) is 6.92. The summed E-state index contributed by atoms with van der Waals surface area (Å²) in [5.41, 5.74) is 4.67. The zero-order valence-corrected chi connectivity index (χ0v) is 15.8. The van der Waals surface area contributed by atoms with Crippen LogP contribution in [0.5, 0.6) is 5.75 Å². The van der Waals surface area contributed by atoms with E-state index in [0.717, 1.165) is 42.2 Å². The van der Waals surface area contributed by atoms with E-state index in [4.69, 9.17) is 5.26 Å². The normalized spacial score (nSPS) is 11.4. The molecule has 4 heteroatoms. The SMILES string of the molecule is Cc1c2c[n+](CCCCCC#N)ccc2c(C)c2c1[nH]c1ccc(O)cc12. The number of hydrogen-bond acceptors (Lipinski definition) is 2. The van der Waals surface area contributed by atoms with Crippen molar-refractivity contribution in [1.29, 1.82) is 5.26 Å². The highest BCUT2D eigenvalue weighted by Gasteiger charge is 2.16. The second-order valence-corrected chi connectivity index (χ2v) is 7.33. The van der Waals surface area contributed by atoms with Crippen LogP contribution in [0.4, 0.5) is 0 Å². The summed E-state index contributed by atoms with van der Waals surface area (Å²) in [5.74, 6) is 0.294. The minimum Gasteiger partial charge on any atom is -0.508 e. The fourth-order valence-electron chi connectivity index (χ4n) is 4.10. The lowest BCUT2D eigenvalue weighted by Crippen LogP contribution is -2.32. The number of unbranched alkanes of at least 4 members (excludes halogenated alkanes) is 3. The summed E-state index contributed by atoms with van der Waals surface area (Å²) in [6, 6.07) is 9.92. The van der Waals surface area contributed by atoms with Crippen LogP contribution in [-0.4, -0.2) is 10.1 Å². The van der Waals surface area contributed by atoms with Crippen molar-refractivity contribution in [2.75, 3.05) is 0 Å². The third-order valence-corrected chi connectivity index (χ3v) is 5.56. The minimum absolute atomic E-state index is 0.294. The van der Waals surface area contributed by atoms with Crippen molar-refractivity contribution in [2.24, 2.45) is 0 Å². The van der Waals surface area contributed by atoms with Crippen LogP contribution < -0.4 is 4.57 Å². The number of aromatic amines is 1. The van der Waals surface area contributed by atoms with Crippen LogP contribution in [-0.2, 0) is 6.54 Å². The van der Waals surface area contributed by atoms with Crippen molar-refractivity contribution < 1.29 is 9.67 Å². The molecule has 27 heavy (non-hydrogen) atoms. The zero-order valence-electron chi connectivity index (χ0n) is 15.8. The average Bonchev–Trinajstić information content (AvgIpc) is 3.05. The average molecular weight is 358 g/mol. The van der Waals surface area contributed by atoms with E-state index >= 15 is 0 Å². The van der Waals surface area contributed by atoms with E-state index in [2.05, 4.69) is 47.9 Å². The first-order valence-electron chi connectivity index (χ1n) is 9.53. The van der Waals surface area contributed by atoms with Crippen LogP contribution in [0.1, 0.15) is 36.8 Å². The third kappa shape index (κ3) is 3.00. The van der Waals surface area contributed by atoms with Gasteiger partial charge in [0.05, 0.1) is 17.0 Å². The summed E-state index contributed by atoms with van der Waals surface area (Å²) in [6.07, 6.45) is 8.19. The standard InChI is InChI=1S/C23H23N3O/c1-15-18-9-12-26(11-6-4-3-5-10-24)14-20(18)16(2)23-22(15)19-13-17(27)7-8-21(19)25-23/h7-9,12-14,27H,3-6,11H2,1-2H3/p+1. The Labute approximate surface area is 158 Å². The van der Waals surface area contributed by atoms with E-state index in [0.29, 0.717) is 12.2 Å². The number of phenolic OH excluding ortho intramolecular Hbond substituents is 1. The summed E-state index contributed by atoms with van der Waals surface area (Å²) in [6.45, 7) is 5.29. The van der Waals surface area contributed by atoms with Crippen molar-refractivity contribution >= 4 is 32.6 Å².